The first-order valence-electron chi connectivity index (χ1n) is 6.01. The van der Waals surface area contributed by atoms with Crippen LogP contribution in [0.3, 0.4) is 0 Å². The molecule has 1 rings (SSSR count). The Kier molecular flexibility index (Phi) is 5.08. The Labute approximate surface area is 113 Å². The fraction of sp³-hybridized carbons (Fsp3) is 0.462. The Balaban J connectivity index is 2.79. The number of aryl methyl sites for hydroxylation is 2. The van der Waals surface area contributed by atoms with Crippen LogP contribution in [0.4, 0.5) is 0 Å². The van der Waals surface area contributed by atoms with Gasteiger partial charge in [-0.1, -0.05) is 24.6 Å². The standard InChI is InChI=1S/C13H19NO4S/c1-9-4-5-12(11(3)6-9)19(17,18)14-8-10(2)7-13(15)16/h4-6,10,14H,7-8H2,1-3H3,(H,15,16). The molecule has 6 heteroatoms. The minimum absolute atomic E-state index is 0.0601. The fourth-order valence-corrected chi connectivity index (χ4v) is 3.19. The molecule has 0 amide bonds. The Morgan fingerprint density at radius 1 is 1.37 bits per heavy atom. The average molecular weight is 285 g/mol. The van der Waals surface area contributed by atoms with Crippen molar-refractivity contribution < 1.29 is 18.3 Å². The Morgan fingerprint density at radius 2 is 2.00 bits per heavy atom. The van der Waals surface area contributed by atoms with E-state index >= 15 is 0 Å². The van der Waals surface area contributed by atoms with Crippen LogP contribution in [0.15, 0.2) is 23.1 Å². The van der Waals surface area contributed by atoms with Crippen molar-refractivity contribution in [3.63, 3.8) is 0 Å². The maximum absolute atomic E-state index is 12.1. The number of benzene rings is 1. The van der Waals surface area contributed by atoms with Crippen LogP contribution < -0.4 is 4.72 Å². The third-order valence-electron chi connectivity index (χ3n) is 2.76. The number of hydrogen-bond donors (Lipinski definition) is 2. The normalized spacial score (nSPS) is 13.2. The van der Waals surface area contributed by atoms with Crippen molar-refractivity contribution in [3.05, 3.63) is 29.3 Å². The Morgan fingerprint density at radius 3 is 2.53 bits per heavy atom. The average Bonchev–Trinajstić information content (AvgIpc) is 2.25. The number of carbonyl (C=O) groups is 1. The molecule has 106 valence electrons. The zero-order valence-electron chi connectivity index (χ0n) is 11.3. The highest BCUT2D eigenvalue weighted by Crippen LogP contribution is 2.16. The summed E-state index contributed by atoms with van der Waals surface area (Å²) in [4.78, 5) is 10.8. The lowest BCUT2D eigenvalue weighted by Crippen LogP contribution is -2.29. The first-order valence-corrected chi connectivity index (χ1v) is 7.49. The zero-order chi connectivity index (χ0) is 14.6. The molecule has 5 nitrogen and oxygen atoms in total. The van der Waals surface area contributed by atoms with Crippen molar-refractivity contribution in [1.82, 2.24) is 4.72 Å². The maximum Gasteiger partial charge on any atom is 0.303 e. The van der Waals surface area contributed by atoms with E-state index in [1.165, 1.54) is 0 Å². The van der Waals surface area contributed by atoms with Gasteiger partial charge in [0.1, 0.15) is 0 Å². The van der Waals surface area contributed by atoms with Crippen LogP contribution in [-0.4, -0.2) is 26.0 Å². The topological polar surface area (TPSA) is 83.5 Å². The van der Waals surface area contributed by atoms with E-state index in [4.69, 9.17) is 5.11 Å². The van der Waals surface area contributed by atoms with E-state index in [0.717, 1.165) is 5.56 Å². The van der Waals surface area contributed by atoms with E-state index in [9.17, 15) is 13.2 Å². The first-order chi connectivity index (χ1) is 8.72. The van der Waals surface area contributed by atoms with Gasteiger partial charge in [-0.15, -0.1) is 0 Å². The molecule has 2 N–H and O–H groups in total. The molecule has 1 aromatic rings. The SMILES string of the molecule is Cc1ccc(S(=O)(=O)NCC(C)CC(=O)O)c(C)c1. The van der Waals surface area contributed by atoms with Gasteiger partial charge >= 0.3 is 5.97 Å². The van der Waals surface area contributed by atoms with Gasteiger partial charge in [-0.3, -0.25) is 4.79 Å². The monoisotopic (exact) mass is 285 g/mol. The molecule has 0 aliphatic rings. The molecule has 0 spiro atoms. The van der Waals surface area contributed by atoms with E-state index in [1.54, 1.807) is 32.0 Å². The van der Waals surface area contributed by atoms with Crippen molar-refractivity contribution in [2.24, 2.45) is 5.92 Å². The van der Waals surface area contributed by atoms with Gasteiger partial charge < -0.3 is 5.11 Å². The molecule has 0 saturated carbocycles. The summed E-state index contributed by atoms with van der Waals surface area (Å²) in [6.45, 7) is 5.44. The molecule has 0 aliphatic carbocycles. The molecule has 1 unspecified atom stereocenters. The zero-order valence-corrected chi connectivity index (χ0v) is 12.1. The predicted molar refractivity (Wildman–Crippen MR) is 72.5 cm³/mol. The summed E-state index contributed by atoms with van der Waals surface area (Å²) in [5, 5.41) is 8.63. The van der Waals surface area contributed by atoms with Crippen LogP contribution in [0.2, 0.25) is 0 Å². The lowest BCUT2D eigenvalue weighted by molar-refractivity contribution is -0.137. The number of aliphatic carboxylic acids is 1. The van der Waals surface area contributed by atoms with Crippen molar-refractivity contribution in [1.29, 1.82) is 0 Å². The van der Waals surface area contributed by atoms with Crippen LogP contribution in [0.1, 0.15) is 24.5 Å². The third-order valence-corrected chi connectivity index (χ3v) is 4.35. The molecule has 0 saturated heterocycles. The minimum Gasteiger partial charge on any atom is -0.481 e. The summed E-state index contributed by atoms with van der Waals surface area (Å²) >= 11 is 0. The predicted octanol–water partition coefficient (Wildman–Crippen LogP) is 1.69. The fourth-order valence-electron chi connectivity index (χ4n) is 1.80. The highest BCUT2D eigenvalue weighted by Gasteiger charge is 2.18. The van der Waals surface area contributed by atoms with Crippen LogP contribution >= 0.6 is 0 Å². The van der Waals surface area contributed by atoms with Gasteiger partial charge in [0.15, 0.2) is 0 Å². The number of carboxylic acid groups (broad SMARTS) is 1. The molecular formula is C13H19NO4S. The molecule has 0 aromatic heterocycles. The van der Waals surface area contributed by atoms with Gasteiger partial charge in [0.05, 0.1) is 4.90 Å². The van der Waals surface area contributed by atoms with Gasteiger partial charge in [0, 0.05) is 13.0 Å². The van der Waals surface area contributed by atoms with Crippen LogP contribution in [-0.2, 0) is 14.8 Å². The van der Waals surface area contributed by atoms with Crippen molar-refractivity contribution in [2.75, 3.05) is 6.54 Å². The van der Waals surface area contributed by atoms with Crippen LogP contribution in [0, 0.1) is 19.8 Å². The maximum atomic E-state index is 12.1. The second-order valence-electron chi connectivity index (χ2n) is 4.82. The number of sulfonamides is 1. The summed E-state index contributed by atoms with van der Waals surface area (Å²) in [6, 6.07) is 5.10. The summed E-state index contributed by atoms with van der Waals surface area (Å²) < 4.78 is 26.6. The summed E-state index contributed by atoms with van der Waals surface area (Å²) in [5.74, 6) is -1.18. The van der Waals surface area contributed by atoms with Gasteiger partial charge in [-0.05, 0) is 31.4 Å². The minimum atomic E-state index is -3.58. The molecule has 0 aliphatic heterocycles. The third kappa shape index (κ3) is 4.65. The second kappa shape index (κ2) is 6.16. The summed E-state index contributed by atoms with van der Waals surface area (Å²) in [5.41, 5.74) is 1.68. The lowest BCUT2D eigenvalue weighted by Gasteiger charge is -2.12. The molecule has 19 heavy (non-hydrogen) atoms. The Hall–Kier alpha value is -1.40. The number of carboxylic acids is 1. The van der Waals surface area contributed by atoms with Crippen molar-refractivity contribution in [2.45, 2.75) is 32.1 Å². The highest BCUT2D eigenvalue weighted by molar-refractivity contribution is 7.89. The summed E-state index contributed by atoms with van der Waals surface area (Å²) in [7, 11) is -3.58. The van der Waals surface area contributed by atoms with E-state index in [0.29, 0.717) is 5.56 Å². The van der Waals surface area contributed by atoms with Gasteiger partial charge in [-0.2, -0.15) is 0 Å². The number of nitrogens with one attached hydrogen (secondary N) is 1. The van der Waals surface area contributed by atoms with Gasteiger partial charge in [0.25, 0.3) is 0 Å². The molecular weight excluding hydrogens is 266 g/mol. The van der Waals surface area contributed by atoms with Gasteiger partial charge in [-0.25, -0.2) is 13.1 Å². The quantitative estimate of drug-likeness (QED) is 0.833. The van der Waals surface area contributed by atoms with Crippen molar-refractivity contribution >= 4 is 16.0 Å². The van der Waals surface area contributed by atoms with Crippen molar-refractivity contribution in [3.8, 4) is 0 Å². The molecule has 0 fully saturated rings. The van der Waals surface area contributed by atoms with E-state index in [2.05, 4.69) is 4.72 Å². The number of hydrogen-bond acceptors (Lipinski definition) is 3. The van der Waals surface area contributed by atoms with E-state index < -0.39 is 16.0 Å². The van der Waals surface area contributed by atoms with E-state index in [-0.39, 0.29) is 23.8 Å². The second-order valence-corrected chi connectivity index (χ2v) is 6.56. The van der Waals surface area contributed by atoms with Crippen LogP contribution in [0.5, 0.6) is 0 Å². The molecule has 1 atom stereocenters. The molecule has 0 heterocycles. The molecule has 0 radical (unpaired) electrons. The van der Waals surface area contributed by atoms with Gasteiger partial charge in [0.2, 0.25) is 10.0 Å². The number of rotatable bonds is 6. The largest absolute Gasteiger partial charge is 0.481 e. The highest BCUT2D eigenvalue weighted by atomic mass is 32.2. The lowest BCUT2D eigenvalue weighted by atomic mass is 10.1. The molecule has 0 bridgehead atoms. The van der Waals surface area contributed by atoms with Crippen LogP contribution in [0.25, 0.3) is 0 Å². The first kappa shape index (κ1) is 15.7. The Bertz CT molecular complexity index is 566. The summed E-state index contributed by atoms with van der Waals surface area (Å²) in [6.07, 6.45) is -0.0601. The smallest absolute Gasteiger partial charge is 0.303 e. The van der Waals surface area contributed by atoms with E-state index in [1.807, 2.05) is 6.92 Å². The molecule has 1 aromatic carbocycles.